The molecule has 1 aromatic heterocycles. The van der Waals surface area contributed by atoms with E-state index in [0.29, 0.717) is 48.6 Å². The molecule has 2 aromatic carbocycles. The Labute approximate surface area is 245 Å². The van der Waals surface area contributed by atoms with Crippen LogP contribution in [-0.2, 0) is 14.3 Å². The lowest BCUT2D eigenvalue weighted by Crippen LogP contribution is -2.40. The van der Waals surface area contributed by atoms with Gasteiger partial charge in [-0.15, -0.1) is 0 Å². The Balaban J connectivity index is 1.93. The van der Waals surface area contributed by atoms with E-state index >= 15 is 0 Å². The second kappa shape index (κ2) is 12.4. The molecule has 0 spiro atoms. The van der Waals surface area contributed by atoms with E-state index in [4.69, 9.17) is 37.4 Å². The van der Waals surface area contributed by atoms with Crippen molar-refractivity contribution in [2.24, 2.45) is 10.9 Å². The number of thiazole rings is 1. The standard InChI is InChI=1S/C29H28Cl2N2O6S/c1-6-37-23-13-19(8-10-22(23)39-17(5)34)26-25(28(36)38-14-15(2)3)16(4)32-29-33(26)27(35)24(40-29)12-18-7-9-20(30)21(31)11-18/h7-13,15,26H,6,14H2,1-5H3/b24-12-. The fourth-order valence-electron chi connectivity index (χ4n) is 4.17. The predicted octanol–water partition coefficient (Wildman–Crippen LogP) is 5.07. The summed E-state index contributed by atoms with van der Waals surface area (Å²) in [4.78, 5) is 44.0. The van der Waals surface area contributed by atoms with Crippen molar-refractivity contribution in [3.8, 4) is 11.5 Å². The number of esters is 2. The highest BCUT2D eigenvalue weighted by atomic mass is 35.5. The van der Waals surface area contributed by atoms with Gasteiger partial charge in [-0.3, -0.25) is 14.2 Å². The highest BCUT2D eigenvalue weighted by molar-refractivity contribution is 7.07. The van der Waals surface area contributed by atoms with Crippen LogP contribution in [0.4, 0.5) is 0 Å². The lowest BCUT2D eigenvalue weighted by molar-refractivity contribution is -0.140. The summed E-state index contributed by atoms with van der Waals surface area (Å²) in [6.45, 7) is 9.20. The second-order valence-corrected chi connectivity index (χ2v) is 11.3. The summed E-state index contributed by atoms with van der Waals surface area (Å²) < 4.78 is 18.5. The number of carbonyl (C=O) groups excluding carboxylic acids is 2. The van der Waals surface area contributed by atoms with Crippen LogP contribution in [-0.4, -0.2) is 29.7 Å². The first-order chi connectivity index (χ1) is 19.0. The van der Waals surface area contributed by atoms with E-state index < -0.39 is 18.0 Å². The topological polar surface area (TPSA) is 96.2 Å². The van der Waals surface area contributed by atoms with Gasteiger partial charge in [-0.25, -0.2) is 9.79 Å². The average Bonchev–Trinajstić information content (AvgIpc) is 3.19. The summed E-state index contributed by atoms with van der Waals surface area (Å²) in [6, 6.07) is 9.15. The molecule has 0 saturated heterocycles. The third-order valence-electron chi connectivity index (χ3n) is 5.87. The van der Waals surface area contributed by atoms with Gasteiger partial charge in [0.15, 0.2) is 16.3 Å². The van der Waals surface area contributed by atoms with Crippen LogP contribution < -0.4 is 24.4 Å². The van der Waals surface area contributed by atoms with Crippen molar-refractivity contribution in [2.75, 3.05) is 13.2 Å². The summed E-state index contributed by atoms with van der Waals surface area (Å²) in [5.41, 5.74) is 1.57. The van der Waals surface area contributed by atoms with Gasteiger partial charge in [-0.05, 0) is 61.2 Å². The monoisotopic (exact) mass is 602 g/mol. The first-order valence-electron chi connectivity index (χ1n) is 12.6. The molecule has 1 aliphatic heterocycles. The van der Waals surface area contributed by atoms with Gasteiger partial charge in [0.05, 0.1) is 45.1 Å². The van der Waals surface area contributed by atoms with E-state index in [1.54, 1.807) is 56.3 Å². The largest absolute Gasteiger partial charge is 0.490 e. The molecule has 8 nitrogen and oxygen atoms in total. The van der Waals surface area contributed by atoms with Crippen molar-refractivity contribution in [3.63, 3.8) is 0 Å². The number of fused-ring (bicyclic) bond motifs is 1. The molecule has 0 bridgehead atoms. The Bertz CT molecular complexity index is 1690. The van der Waals surface area contributed by atoms with Gasteiger partial charge in [0.2, 0.25) is 0 Å². The van der Waals surface area contributed by atoms with Crippen molar-refractivity contribution in [3.05, 3.63) is 88.5 Å². The van der Waals surface area contributed by atoms with Crippen molar-refractivity contribution in [2.45, 2.75) is 40.7 Å². The van der Waals surface area contributed by atoms with E-state index in [2.05, 4.69) is 4.99 Å². The Hall–Kier alpha value is -3.40. The van der Waals surface area contributed by atoms with E-state index in [1.807, 2.05) is 13.8 Å². The van der Waals surface area contributed by atoms with E-state index in [0.717, 1.165) is 0 Å². The van der Waals surface area contributed by atoms with Crippen molar-refractivity contribution >= 4 is 52.6 Å². The number of aromatic nitrogens is 1. The van der Waals surface area contributed by atoms with Crippen LogP contribution in [0, 0.1) is 5.92 Å². The molecule has 1 atom stereocenters. The first-order valence-corrected chi connectivity index (χ1v) is 14.2. The Kier molecular flexibility index (Phi) is 9.18. The molecule has 0 radical (unpaired) electrons. The van der Waals surface area contributed by atoms with Gasteiger partial charge >= 0.3 is 11.9 Å². The van der Waals surface area contributed by atoms with E-state index in [9.17, 15) is 14.4 Å². The Morgan fingerprint density at radius 1 is 1.12 bits per heavy atom. The molecule has 3 aromatic rings. The van der Waals surface area contributed by atoms with Crippen LogP contribution in [0.2, 0.25) is 10.0 Å². The molecule has 0 amide bonds. The zero-order valence-corrected chi connectivity index (χ0v) is 24.9. The zero-order chi connectivity index (χ0) is 29.1. The first kappa shape index (κ1) is 29.6. The lowest BCUT2D eigenvalue weighted by atomic mass is 9.95. The predicted molar refractivity (Wildman–Crippen MR) is 155 cm³/mol. The molecular weight excluding hydrogens is 575 g/mol. The molecule has 1 unspecified atom stereocenters. The molecule has 0 saturated carbocycles. The van der Waals surface area contributed by atoms with Crippen LogP contribution in [0.1, 0.15) is 51.8 Å². The van der Waals surface area contributed by atoms with Gasteiger partial charge in [0.25, 0.3) is 5.56 Å². The number of nitrogens with zero attached hydrogens (tertiary/aromatic N) is 2. The maximum Gasteiger partial charge on any atom is 0.338 e. The van der Waals surface area contributed by atoms with Crippen molar-refractivity contribution in [1.29, 1.82) is 0 Å². The average molecular weight is 604 g/mol. The minimum absolute atomic E-state index is 0.114. The van der Waals surface area contributed by atoms with Gasteiger partial charge in [0.1, 0.15) is 0 Å². The third kappa shape index (κ3) is 6.32. The van der Waals surface area contributed by atoms with Crippen LogP contribution >= 0.6 is 34.5 Å². The van der Waals surface area contributed by atoms with Crippen LogP contribution in [0.25, 0.3) is 6.08 Å². The Morgan fingerprint density at radius 3 is 2.52 bits per heavy atom. The summed E-state index contributed by atoms with van der Waals surface area (Å²) >= 11 is 13.4. The number of rotatable bonds is 8. The van der Waals surface area contributed by atoms with E-state index in [1.165, 1.54) is 22.8 Å². The number of hydrogen-bond donors (Lipinski definition) is 0. The minimum atomic E-state index is -0.863. The normalized spacial score (nSPS) is 15.1. The lowest BCUT2D eigenvalue weighted by Gasteiger charge is -2.25. The molecule has 0 N–H and O–H groups in total. The van der Waals surface area contributed by atoms with Crippen molar-refractivity contribution in [1.82, 2.24) is 4.57 Å². The van der Waals surface area contributed by atoms with Gasteiger partial charge in [-0.1, -0.05) is 60.5 Å². The number of hydrogen-bond acceptors (Lipinski definition) is 8. The molecule has 2 heterocycles. The minimum Gasteiger partial charge on any atom is -0.490 e. The van der Waals surface area contributed by atoms with Crippen LogP contribution in [0.3, 0.4) is 0 Å². The number of allylic oxidation sites excluding steroid dienone is 1. The summed E-state index contributed by atoms with van der Waals surface area (Å²) in [6.07, 6.45) is 1.70. The molecule has 1 aliphatic rings. The number of carbonyl (C=O) groups is 2. The summed E-state index contributed by atoms with van der Waals surface area (Å²) in [5.74, 6) is -0.422. The fraction of sp³-hybridized carbons (Fsp3) is 0.310. The van der Waals surface area contributed by atoms with Crippen LogP contribution in [0.5, 0.6) is 11.5 Å². The Morgan fingerprint density at radius 2 is 1.88 bits per heavy atom. The smallest absolute Gasteiger partial charge is 0.338 e. The maximum atomic E-state index is 13.9. The van der Waals surface area contributed by atoms with Crippen LogP contribution in [0.15, 0.2) is 57.5 Å². The quantitative estimate of drug-likeness (QED) is 0.264. The maximum absolute atomic E-state index is 13.9. The fourth-order valence-corrected chi connectivity index (χ4v) is 5.53. The molecule has 40 heavy (non-hydrogen) atoms. The summed E-state index contributed by atoms with van der Waals surface area (Å²) in [7, 11) is 0. The molecule has 0 aliphatic carbocycles. The molecular formula is C29H28Cl2N2O6S. The van der Waals surface area contributed by atoms with Gasteiger partial charge in [-0.2, -0.15) is 0 Å². The highest BCUT2D eigenvalue weighted by Gasteiger charge is 2.34. The zero-order valence-electron chi connectivity index (χ0n) is 22.6. The number of ether oxygens (including phenoxy) is 3. The van der Waals surface area contributed by atoms with Crippen molar-refractivity contribution < 1.29 is 23.8 Å². The molecule has 210 valence electrons. The van der Waals surface area contributed by atoms with E-state index in [-0.39, 0.29) is 29.4 Å². The highest BCUT2D eigenvalue weighted by Crippen LogP contribution is 2.36. The number of halogens is 2. The third-order valence-corrected chi connectivity index (χ3v) is 7.59. The summed E-state index contributed by atoms with van der Waals surface area (Å²) in [5, 5.41) is 0.770. The molecule has 11 heteroatoms. The van der Waals surface area contributed by atoms with Gasteiger partial charge in [0, 0.05) is 6.92 Å². The molecule has 0 fully saturated rings. The number of benzene rings is 2. The SMILES string of the molecule is CCOc1cc(C2C(C(=O)OCC(C)C)=C(C)N=c3s/c(=C\c4ccc(Cl)c(Cl)c4)c(=O)n32)ccc1OC(C)=O. The second-order valence-electron chi connectivity index (χ2n) is 9.48. The molecule has 4 rings (SSSR count). The van der Waals surface area contributed by atoms with Gasteiger partial charge < -0.3 is 14.2 Å².